The summed E-state index contributed by atoms with van der Waals surface area (Å²) in [6.07, 6.45) is 2.53. The molecule has 1 saturated heterocycles. The Bertz CT molecular complexity index is 1890. The summed E-state index contributed by atoms with van der Waals surface area (Å²) in [7, 11) is -2.03. The zero-order valence-electron chi connectivity index (χ0n) is 24.6. The molecule has 0 aliphatic carbocycles. The molecule has 2 aromatic carbocycles. The number of rotatable bonds is 7. The lowest BCUT2D eigenvalue weighted by Crippen LogP contribution is -2.46. The molecule has 3 heterocycles. The molecule has 0 radical (unpaired) electrons. The second kappa shape index (κ2) is 11.4. The van der Waals surface area contributed by atoms with Crippen LogP contribution in [0.5, 0.6) is 11.5 Å². The molecule has 43 heavy (non-hydrogen) atoms. The molecule has 1 amide bonds. The molecule has 1 N–H and O–H groups in total. The number of nitrogens with one attached hydrogen (secondary N) is 1. The van der Waals surface area contributed by atoms with Crippen molar-refractivity contribution in [2.45, 2.75) is 46.2 Å². The highest BCUT2D eigenvalue weighted by Crippen LogP contribution is 2.42. The van der Waals surface area contributed by atoms with Crippen molar-refractivity contribution in [1.82, 2.24) is 9.47 Å². The molecular formula is C31H33F2N3O5S2. The molecule has 1 aliphatic heterocycles. The molecule has 2 aromatic heterocycles. The number of sulfonamides is 1. The molecule has 0 spiro atoms. The zero-order valence-corrected chi connectivity index (χ0v) is 26.2. The van der Waals surface area contributed by atoms with Gasteiger partial charge in [0.15, 0.2) is 0 Å². The number of ether oxygens (including phenoxy) is 1. The van der Waals surface area contributed by atoms with Crippen LogP contribution in [0.25, 0.3) is 21.2 Å². The van der Waals surface area contributed by atoms with Crippen LogP contribution in [0.2, 0.25) is 0 Å². The Balaban J connectivity index is 1.69. The maximum atomic E-state index is 14.8. The first kappa shape index (κ1) is 30.7. The summed E-state index contributed by atoms with van der Waals surface area (Å²) >= 11 is 1.04. The van der Waals surface area contributed by atoms with E-state index < -0.39 is 21.5 Å². The number of pyridine rings is 1. The smallest absolute Gasteiger partial charge is 0.268 e. The van der Waals surface area contributed by atoms with Crippen LogP contribution in [0.1, 0.15) is 47.5 Å². The maximum absolute atomic E-state index is 14.8. The van der Waals surface area contributed by atoms with Crippen LogP contribution in [0, 0.1) is 19.7 Å². The number of fused-ring (bicyclic) bond motifs is 1. The first-order chi connectivity index (χ1) is 20.2. The summed E-state index contributed by atoms with van der Waals surface area (Å²) in [6, 6.07) is 9.12. The van der Waals surface area contributed by atoms with Crippen LogP contribution >= 0.6 is 11.3 Å². The number of hydrogen-bond donors (Lipinski definition) is 1. The third-order valence-corrected chi connectivity index (χ3v) is 9.98. The van der Waals surface area contributed by atoms with E-state index in [1.54, 1.807) is 51.4 Å². The van der Waals surface area contributed by atoms with Gasteiger partial charge in [-0.1, -0.05) is 0 Å². The van der Waals surface area contributed by atoms with Crippen molar-refractivity contribution in [3.8, 4) is 22.6 Å². The fraction of sp³-hybridized carbons (Fsp3) is 0.355. The van der Waals surface area contributed by atoms with E-state index in [0.717, 1.165) is 11.3 Å². The number of amides is 1. The minimum atomic E-state index is -3.61. The minimum absolute atomic E-state index is 0.0288. The molecular weight excluding hydrogens is 596 g/mol. The predicted molar refractivity (Wildman–Crippen MR) is 166 cm³/mol. The first-order valence-corrected chi connectivity index (χ1v) is 16.4. The van der Waals surface area contributed by atoms with Gasteiger partial charge in [-0.15, -0.1) is 11.3 Å². The van der Waals surface area contributed by atoms with E-state index >= 15 is 0 Å². The average Bonchev–Trinajstić information content (AvgIpc) is 3.38. The van der Waals surface area contributed by atoms with E-state index in [1.807, 2.05) is 0 Å². The molecule has 8 nitrogen and oxygen atoms in total. The van der Waals surface area contributed by atoms with Gasteiger partial charge in [-0.05, 0) is 88.1 Å². The topological polar surface area (TPSA) is 97.7 Å². The van der Waals surface area contributed by atoms with Crippen LogP contribution in [-0.2, 0) is 17.1 Å². The first-order valence-electron chi connectivity index (χ1n) is 13.9. The summed E-state index contributed by atoms with van der Waals surface area (Å²) in [4.78, 5) is 28.5. The van der Waals surface area contributed by atoms with Gasteiger partial charge in [0.05, 0.1) is 17.2 Å². The van der Waals surface area contributed by atoms with Crippen LogP contribution in [0.4, 0.5) is 14.5 Å². The fourth-order valence-electron chi connectivity index (χ4n) is 5.39. The number of hydrogen-bond acceptors (Lipinski definition) is 6. The van der Waals surface area contributed by atoms with Gasteiger partial charge in [-0.3, -0.25) is 14.3 Å². The van der Waals surface area contributed by atoms with E-state index in [-0.39, 0.29) is 29.5 Å². The molecule has 12 heteroatoms. The molecule has 1 aliphatic rings. The Morgan fingerprint density at radius 1 is 1.14 bits per heavy atom. The van der Waals surface area contributed by atoms with Crippen molar-refractivity contribution in [1.29, 1.82) is 0 Å². The van der Waals surface area contributed by atoms with Gasteiger partial charge in [0.2, 0.25) is 10.0 Å². The number of aromatic nitrogens is 1. The number of likely N-dealkylation sites (tertiary alicyclic amines) is 1. The molecule has 228 valence electrons. The standard InChI is InChI=1S/C31H33F2N3O5S2/c1-6-43(39,40)34-21-8-9-25(41-27-18(2)12-20(32)13-19(27)3)22(14-21)24-16-35(5)30(38)28-23(24)15-26(42-28)29(37)36-11-7-10-31(4,33)17-36/h8-9,12-16,34H,6-7,10-11,17H2,1-5H3. The quantitative estimate of drug-likeness (QED) is 0.250. The summed E-state index contributed by atoms with van der Waals surface area (Å²) in [5.41, 5.74) is 0.580. The third-order valence-electron chi connectivity index (χ3n) is 7.56. The Morgan fingerprint density at radius 3 is 2.49 bits per heavy atom. The van der Waals surface area contributed by atoms with Crippen molar-refractivity contribution in [2.75, 3.05) is 23.6 Å². The highest BCUT2D eigenvalue weighted by molar-refractivity contribution is 7.92. The maximum Gasteiger partial charge on any atom is 0.268 e. The molecule has 1 atom stereocenters. The molecule has 4 aromatic rings. The van der Waals surface area contributed by atoms with Crippen LogP contribution < -0.4 is 15.0 Å². The van der Waals surface area contributed by atoms with E-state index in [1.165, 1.54) is 35.4 Å². The normalized spacial score (nSPS) is 17.3. The summed E-state index contributed by atoms with van der Waals surface area (Å²) in [5.74, 6) is -0.116. The predicted octanol–water partition coefficient (Wildman–Crippen LogP) is 6.54. The Kier molecular flexibility index (Phi) is 8.12. The number of halogens is 2. The van der Waals surface area contributed by atoms with Gasteiger partial charge in [0.1, 0.15) is 27.7 Å². The number of carbonyl (C=O) groups is 1. The summed E-state index contributed by atoms with van der Waals surface area (Å²) in [6.45, 7) is 6.84. The number of thiophene rings is 1. The molecule has 1 unspecified atom stereocenters. The van der Waals surface area contributed by atoms with E-state index in [2.05, 4.69) is 4.72 Å². The number of aryl methyl sites for hydroxylation is 3. The largest absolute Gasteiger partial charge is 0.456 e. The van der Waals surface area contributed by atoms with E-state index in [9.17, 15) is 26.8 Å². The average molecular weight is 630 g/mol. The van der Waals surface area contributed by atoms with Crippen LogP contribution in [0.15, 0.2) is 47.4 Å². The van der Waals surface area contributed by atoms with Crippen molar-refractivity contribution in [3.05, 3.63) is 74.8 Å². The van der Waals surface area contributed by atoms with Crippen molar-refractivity contribution in [3.63, 3.8) is 0 Å². The van der Waals surface area contributed by atoms with Crippen LogP contribution in [0.3, 0.4) is 0 Å². The van der Waals surface area contributed by atoms with Gasteiger partial charge in [0, 0.05) is 42.0 Å². The second-order valence-corrected chi connectivity index (χ2v) is 14.3. The lowest BCUT2D eigenvalue weighted by molar-refractivity contribution is 0.0421. The van der Waals surface area contributed by atoms with Gasteiger partial charge in [-0.2, -0.15) is 0 Å². The van der Waals surface area contributed by atoms with Gasteiger partial charge in [0.25, 0.3) is 11.5 Å². The lowest BCUT2D eigenvalue weighted by atomic mass is 9.97. The highest BCUT2D eigenvalue weighted by Gasteiger charge is 2.34. The summed E-state index contributed by atoms with van der Waals surface area (Å²) in [5, 5.41) is 0.476. The third kappa shape index (κ3) is 6.30. The number of piperidine rings is 1. The number of alkyl halides is 1. The minimum Gasteiger partial charge on any atom is -0.456 e. The highest BCUT2D eigenvalue weighted by atomic mass is 32.2. The number of nitrogens with zero attached hydrogens (tertiary/aromatic N) is 2. The van der Waals surface area contributed by atoms with Gasteiger partial charge >= 0.3 is 0 Å². The van der Waals surface area contributed by atoms with Crippen LogP contribution in [-0.4, -0.2) is 48.3 Å². The Hall–Kier alpha value is -3.77. The molecule has 0 saturated carbocycles. The number of anilines is 1. The summed E-state index contributed by atoms with van der Waals surface area (Å²) < 4.78 is 64.2. The second-order valence-electron chi connectivity index (χ2n) is 11.2. The number of benzene rings is 2. The Morgan fingerprint density at radius 2 is 1.84 bits per heavy atom. The molecule has 0 bridgehead atoms. The lowest BCUT2D eigenvalue weighted by Gasteiger charge is -2.34. The van der Waals surface area contributed by atoms with Crippen molar-refractivity contribution in [2.24, 2.45) is 7.05 Å². The van der Waals surface area contributed by atoms with Crippen molar-refractivity contribution < 1.29 is 26.7 Å². The van der Waals surface area contributed by atoms with Gasteiger partial charge in [-0.25, -0.2) is 17.2 Å². The van der Waals surface area contributed by atoms with Crippen molar-refractivity contribution >= 4 is 43.0 Å². The SMILES string of the molecule is CCS(=O)(=O)Nc1ccc(Oc2c(C)cc(F)cc2C)c(-c2cn(C)c(=O)c3sc(C(=O)N4CCCC(C)(F)C4)cc23)c1. The fourth-order valence-corrected chi connectivity index (χ4v) is 7.14. The monoisotopic (exact) mass is 629 g/mol. The van der Waals surface area contributed by atoms with E-state index in [4.69, 9.17) is 4.74 Å². The zero-order chi connectivity index (χ0) is 31.3. The molecule has 5 rings (SSSR count). The van der Waals surface area contributed by atoms with Gasteiger partial charge < -0.3 is 14.2 Å². The molecule has 1 fully saturated rings. The van der Waals surface area contributed by atoms with E-state index in [0.29, 0.717) is 68.1 Å². The number of carbonyl (C=O) groups excluding carboxylic acids is 1. The Labute approximate surface area is 253 Å².